The van der Waals surface area contributed by atoms with E-state index in [2.05, 4.69) is 57.1 Å². The number of hydrogen-bond acceptors (Lipinski definition) is 3. The minimum atomic E-state index is 0.137. The lowest BCUT2D eigenvalue weighted by molar-refractivity contribution is 0.112. The van der Waals surface area contributed by atoms with E-state index in [-0.39, 0.29) is 5.54 Å². The Morgan fingerprint density at radius 3 is 2.55 bits per heavy atom. The molecule has 0 aliphatic carbocycles. The first-order valence-electron chi connectivity index (χ1n) is 7.63. The molecule has 0 saturated carbocycles. The molecule has 0 aliphatic heterocycles. The molecule has 1 heterocycles. The SMILES string of the molecule is CC(C)CCCOCc1ccc(CNC(C)(C)C)cn1. The Labute approximate surface area is 124 Å². The van der Waals surface area contributed by atoms with Crippen LogP contribution in [0.25, 0.3) is 0 Å². The summed E-state index contributed by atoms with van der Waals surface area (Å²) in [6.07, 6.45) is 4.29. The maximum Gasteiger partial charge on any atom is 0.0887 e. The Balaban J connectivity index is 2.25. The Morgan fingerprint density at radius 1 is 1.25 bits per heavy atom. The third-order valence-electron chi connectivity index (χ3n) is 3.03. The first kappa shape index (κ1) is 17.1. The number of rotatable bonds is 8. The van der Waals surface area contributed by atoms with E-state index >= 15 is 0 Å². The van der Waals surface area contributed by atoms with Crippen LogP contribution in [0.3, 0.4) is 0 Å². The van der Waals surface area contributed by atoms with Crippen LogP contribution >= 0.6 is 0 Å². The van der Waals surface area contributed by atoms with Gasteiger partial charge in [0.25, 0.3) is 0 Å². The third-order valence-corrected chi connectivity index (χ3v) is 3.03. The largest absolute Gasteiger partial charge is 0.375 e. The Morgan fingerprint density at radius 2 is 2.00 bits per heavy atom. The van der Waals surface area contributed by atoms with Gasteiger partial charge in [-0.1, -0.05) is 19.9 Å². The Bertz CT molecular complexity index is 366. The van der Waals surface area contributed by atoms with E-state index in [0.29, 0.717) is 6.61 Å². The predicted octanol–water partition coefficient (Wildman–Crippen LogP) is 3.92. The summed E-state index contributed by atoms with van der Waals surface area (Å²) < 4.78 is 5.65. The van der Waals surface area contributed by atoms with Crippen molar-refractivity contribution in [1.82, 2.24) is 10.3 Å². The molecular weight excluding hydrogens is 248 g/mol. The fraction of sp³-hybridized carbons (Fsp3) is 0.706. The molecule has 0 atom stereocenters. The lowest BCUT2D eigenvalue weighted by atomic mass is 10.1. The molecule has 1 aromatic rings. The van der Waals surface area contributed by atoms with E-state index in [1.807, 2.05) is 6.20 Å². The van der Waals surface area contributed by atoms with Gasteiger partial charge in [0.2, 0.25) is 0 Å². The van der Waals surface area contributed by atoms with Crippen LogP contribution in [0.15, 0.2) is 18.3 Å². The molecular formula is C17H30N2O. The van der Waals surface area contributed by atoms with Gasteiger partial charge >= 0.3 is 0 Å². The van der Waals surface area contributed by atoms with Gasteiger partial charge in [-0.2, -0.15) is 0 Å². The highest BCUT2D eigenvalue weighted by Crippen LogP contribution is 2.07. The highest BCUT2D eigenvalue weighted by atomic mass is 16.5. The number of nitrogens with zero attached hydrogens (tertiary/aromatic N) is 1. The van der Waals surface area contributed by atoms with Crippen molar-refractivity contribution in [3.8, 4) is 0 Å². The molecule has 1 N–H and O–H groups in total. The van der Waals surface area contributed by atoms with Crippen molar-refractivity contribution < 1.29 is 4.74 Å². The molecule has 0 unspecified atom stereocenters. The molecule has 0 aliphatic rings. The lowest BCUT2D eigenvalue weighted by Crippen LogP contribution is -2.35. The molecule has 0 spiro atoms. The molecule has 3 nitrogen and oxygen atoms in total. The molecule has 0 radical (unpaired) electrons. The average Bonchev–Trinajstić information content (AvgIpc) is 2.36. The van der Waals surface area contributed by atoms with Crippen LogP contribution in [0.1, 0.15) is 58.7 Å². The van der Waals surface area contributed by atoms with Gasteiger partial charge in [-0.25, -0.2) is 0 Å². The van der Waals surface area contributed by atoms with Gasteiger partial charge in [-0.05, 0) is 51.2 Å². The zero-order chi connectivity index (χ0) is 15.0. The summed E-state index contributed by atoms with van der Waals surface area (Å²) in [6.45, 7) is 13.3. The summed E-state index contributed by atoms with van der Waals surface area (Å²) in [5.74, 6) is 0.756. The summed E-state index contributed by atoms with van der Waals surface area (Å²) in [4.78, 5) is 4.45. The van der Waals surface area contributed by atoms with Gasteiger partial charge in [0.05, 0.1) is 12.3 Å². The van der Waals surface area contributed by atoms with Crippen LogP contribution in [0.5, 0.6) is 0 Å². The van der Waals surface area contributed by atoms with Gasteiger partial charge in [0.15, 0.2) is 0 Å². The lowest BCUT2D eigenvalue weighted by Gasteiger charge is -2.20. The average molecular weight is 278 g/mol. The summed E-state index contributed by atoms with van der Waals surface area (Å²) in [5.41, 5.74) is 2.36. The summed E-state index contributed by atoms with van der Waals surface area (Å²) in [5, 5.41) is 3.46. The fourth-order valence-electron chi connectivity index (χ4n) is 1.78. The Kier molecular flexibility index (Phi) is 7.17. The predicted molar refractivity (Wildman–Crippen MR) is 84.6 cm³/mol. The van der Waals surface area contributed by atoms with E-state index in [1.165, 1.54) is 12.0 Å². The van der Waals surface area contributed by atoms with Crippen LogP contribution in [-0.4, -0.2) is 17.1 Å². The molecule has 0 aromatic carbocycles. The zero-order valence-corrected chi connectivity index (χ0v) is 13.7. The van der Waals surface area contributed by atoms with Crippen molar-refractivity contribution in [2.24, 2.45) is 5.92 Å². The minimum absolute atomic E-state index is 0.137. The highest BCUT2D eigenvalue weighted by Gasteiger charge is 2.08. The van der Waals surface area contributed by atoms with Gasteiger partial charge in [-0.3, -0.25) is 4.98 Å². The molecule has 0 fully saturated rings. The molecule has 114 valence electrons. The maximum atomic E-state index is 5.65. The van der Waals surface area contributed by atoms with Crippen LogP contribution in [0, 0.1) is 5.92 Å². The van der Waals surface area contributed by atoms with Gasteiger partial charge < -0.3 is 10.1 Å². The topological polar surface area (TPSA) is 34.1 Å². The summed E-state index contributed by atoms with van der Waals surface area (Å²) >= 11 is 0. The van der Waals surface area contributed by atoms with Crippen molar-refractivity contribution in [3.63, 3.8) is 0 Å². The fourth-order valence-corrected chi connectivity index (χ4v) is 1.78. The van der Waals surface area contributed by atoms with E-state index in [9.17, 15) is 0 Å². The number of aromatic nitrogens is 1. The van der Waals surface area contributed by atoms with Crippen LogP contribution in [0.2, 0.25) is 0 Å². The second-order valence-electron chi connectivity index (χ2n) is 6.85. The van der Waals surface area contributed by atoms with Gasteiger partial charge in [-0.15, -0.1) is 0 Å². The van der Waals surface area contributed by atoms with E-state index in [4.69, 9.17) is 4.74 Å². The minimum Gasteiger partial charge on any atom is -0.375 e. The van der Waals surface area contributed by atoms with Gasteiger partial charge in [0.1, 0.15) is 0 Å². The van der Waals surface area contributed by atoms with Crippen molar-refractivity contribution >= 4 is 0 Å². The second-order valence-corrected chi connectivity index (χ2v) is 6.85. The van der Waals surface area contributed by atoms with Crippen LogP contribution in [0.4, 0.5) is 0 Å². The van der Waals surface area contributed by atoms with Crippen molar-refractivity contribution in [3.05, 3.63) is 29.6 Å². The van der Waals surface area contributed by atoms with E-state index in [1.54, 1.807) is 0 Å². The van der Waals surface area contributed by atoms with Crippen LogP contribution < -0.4 is 5.32 Å². The maximum absolute atomic E-state index is 5.65. The number of pyridine rings is 1. The second kappa shape index (κ2) is 8.38. The smallest absolute Gasteiger partial charge is 0.0887 e. The molecule has 0 bridgehead atoms. The number of hydrogen-bond donors (Lipinski definition) is 1. The Hall–Kier alpha value is -0.930. The number of ether oxygens (including phenoxy) is 1. The summed E-state index contributed by atoms with van der Waals surface area (Å²) in [6, 6.07) is 4.18. The van der Waals surface area contributed by atoms with E-state index in [0.717, 1.165) is 31.2 Å². The van der Waals surface area contributed by atoms with Crippen molar-refractivity contribution in [2.75, 3.05) is 6.61 Å². The standard InChI is InChI=1S/C17H30N2O/c1-14(2)7-6-10-20-13-16-9-8-15(11-18-16)12-19-17(3,4)5/h8-9,11,14,19H,6-7,10,12-13H2,1-5H3. The molecule has 1 rings (SSSR count). The third kappa shape index (κ3) is 8.28. The molecule has 20 heavy (non-hydrogen) atoms. The number of nitrogens with one attached hydrogen (secondary N) is 1. The molecule has 3 heteroatoms. The van der Waals surface area contributed by atoms with Crippen molar-refractivity contribution in [1.29, 1.82) is 0 Å². The van der Waals surface area contributed by atoms with Crippen molar-refractivity contribution in [2.45, 2.75) is 66.2 Å². The summed E-state index contributed by atoms with van der Waals surface area (Å²) in [7, 11) is 0. The first-order chi connectivity index (χ1) is 9.37. The molecule has 1 aromatic heterocycles. The highest BCUT2D eigenvalue weighted by molar-refractivity contribution is 5.13. The first-order valence-corrected chi connectivity index (χ1v) is 7.63. The zero-order valence-electron chi connectivity index (χ0n) is 13.7. The quantitative estimate of drug-likeness (QED) is 0.732. The molecule has 0 saturated heterocycles. The van der Waals surface area contributed by atoms with E-state index < -0.39 is 0 Å². The monoisotopic (exact) mass is 278 g/mol. The molecule has 0 amide bonds. The normalized spacial score (nSPS) is 12.1. The van der Waals surface area contributed by atoms with Crippen LogP contribution in [-0.2, 0) is 17.9 Å². The van der Waals surface area contributed by atoms with Gasteiger partial charge in [0, 0.05) is 24.9 Å².